The smallest absolute Gasteiger partial charge is 0.350 e. The quantitative estimate of drug-likeness (QED) is 0.567. The molecule has 110 valence electrons. The van der Waals surface area contributed by atoms with Gasteiger partial charge in [0.15, 0.2) is 0 Å². The Morgan fingerprint density at radius 1 is 0.842 bits per heavy atom. The van der Waals surface area contributed by atoms with Gasteiger partial charge in [-0.05, 0) is 41.5 Å². The number of rotatable bonds is 3. The third-order valence-corrected chi connectivity index (χ3v) is 1.78. The Morgan fingerprint density at radius 3 is 1.26 bits per heavy atom. The van der Waals surface area contributed by atoms with E-state index in [2.05, 4.69) is 0 Å². The van der Waals surface area contributed by atoms with Gasteiger partial charge in [0.05, 0.1) is 0 Å². The maximum absolute atomic E-state index is 11.8. The number of ether oxygens (including phenoxy) is 2. The number of carbonyl (C=O) groups is 3. The molecule has 0 aliphatic carbocycles. The third-order valence-electron chi connectivity index (χ3n) is 1.78. The second kappa shape index (κ2) is 5.16. The minimum absolute atomic E-state index is 0.973. The van der Waals surface area contributed by atoms with E-state index < -0.39 is 34.6 Å². The molecule has 0 unspecified atom stereocenters. The van der Waals surface area contributed by atoms with E-state index in [1.165, 1.54) is 41.5 Å². The number of carbonyl (C=O) groups excluding carboxylic acids is 2. The van der Waals surface area contributed by atoms with Crippen molar-refractivity contribution in [3.63, 3.8) is 0 Å². The van der Waals surface area contributed by atoms with E-state index in [0.29, 0.717) is 0 Å². The van der Waals surface area contributed by atoms with Crippen molar-refractivity contribution in [1.82, 2.24) is 0 Å². The predicted octanol–water partition coefficient (Wildman–Crippen LogP) is 0.452. The molecule has 0 bridgehead atoms. The summed E-state index contributed by atoms with van der Waals surface area (Å²) in [4.78, 5) is 34.8. The molecule has 0 spiro atoms. The topological polar surface area (TPSA) is 116 Å². The maximum atomic E-state index is 11.8. The highest BCUT2D eigenvalue weighted by atomic mass is 16.6. The third kappa shape index (κ3) is 4.86. The Kier molecular flexibility index (Phi) is 4.72. The fourth-order valence-electron chi connectivity index (χ4n) is 0.975. The van der Waals surface area contributed by atoms with Crippen molar-refractivity contribution in [2.45, 2.75) is 58.3 Å². The van der Waals surface area contributed by atoms with Crippen molar-refractivity contribution >= 4 is 17.9 Å². The van der Waals surface area contributed by atoms with Crippen LogP contribution in [0.1, 0.15) is 41.5 Å². The van der Waals surface area contributed by atoms with Gasteiger partial charge in [-0.3, -0.25) is 5.73 Å². The molecule has 3 N–H and O–H groups in total. The van der Waals surface area contributed by atoms with E-state index in [1.807, 2.05) is 0 Å². The summed E-state index contributed by atoms with van der Waals surface area (Å²) in [5.41, 5.74) is 0.573. The van der Waals surface area contributed by atoms with Crippen LogP contribution in [-0.2, 0) is 23.9 Å². The zero-order chi connectivity index (χ0) is 15.6. The Bertz CT molecular complexity index is 360. The molecule has 0 saturated heterocycles. The van der Waals surface area contributed by atoms with Crippen molar-refractivity contribution < 1.29 is 29.0 Å². The number of carboxylic acid groups (broad SMARTS) is 1. The molecule has 0 heterocycles. The van der Waals surface area contributed by atoms with Crippen molar-refractivity contribution in [3.05, 3.63) is 0 Å². The van der Waals surface area contributed by atoms with Crippen LogP contribution < -0.4 is 5.73 Å². The van der Waals surface area contributed by atoms with Gasteiger partial charge in [0, 0.05) is 0 Å². The summed E-state index contributed by atoms with van der Waals surface area (Å²) in [7, 11) is 0. The first-order valence-electron chi connectivity index (χ1n) is 5.69. The lowest BCUT2D eigenvalue weighted by molar-refractivity contribution is -0.182. The minimum atomic E-state index is -2.87. The Hall–Kier alpha value is -1.63. The minimum Gasteiger partial charge on any atom is -0.479 e. The fourth-order valence-corrected chi connectivity index (χ4v) is 0.975. The summed E-state index contributed by atoms with van der Waals surface area (Å²) >= 11 is 0. The van der Waals surface area contributed by atoms with Crippen LogP contribution in [0, 0.1) is 0 Å². The van der Waals surface area contributed by atoms with Crippen LogP contribution in [0.15, 0.2) is 0 Å². The van der Waals surface area contributed by atoms with Crippen molar-refractivity contribution in [2.75, 3.05) is 0 Å². The van der Waals surface area contributed by atoms with Gasteiger partial charge in [-0.2, -0.15) is 0 Å². The summed E-state index contributed by atoms with van der Waals surface area (Å²) in [6.07, 6.45) is 0. The number of esters is 2. The van der Waals surface area contributed by atoms with Crippen LogP contribution >= 0.6 is 0 Å². The number of hydrogen-bond acceptors (Lipinski definition) is 6. The summed E-state index contributed by atoms with van der Waals surface area (Å²) in [6, 6.07) is 0. The predicted molar refractivity (Wildman–Crippen MR) is 66.2 cm³/mol. The average Bonchev–Trinajstić information content (AvgIpc) is 2.09. The zero-order valence-electron chi connectivity index (χ0n) is 12.1. The van der Waals surface area contributed by atoms with Crippen molar-refractivity contribution in [2.24, 2.45) is 5.73 Å². The molecule has 0 saturated carbocycles. The molecule has 0 fully saturated rings. The Morgan fingerprint density at radius 2 is 1.11 bits per heavy atom. The van der Waals surface area contributed by atoms with Crippen LogP contribution in [0.3, 0.4) is 0 Å². The monoisotopic (exact) mass is 275 g/mol. The molecule has 0 aliphatic rings. The van der Waals surface area contributed by atoms with Gasteiger partial charge in [0.2, 0.25) is 0 Å². The second-order valence-corrected chi connectivity index (χ2v) is 6.12. The molecule has 0 aromatic carbocycles. The van der Waals surface area contributed by atoms with Gasteiger partial charge in [0.1, 0.15) is 11.2 Å². The molecule has 7 heteroatoms. The van der Waals surface area contributed by atoms with Gasteiger partial charge in [-0.25, -0.2) is 14.4 Å². The largest absolute Gasteiger partial charge is 0.479 e. The van der Waals surface area contributed by atoms with Crippen LogP contribution in [0.5, 0.6) is 0 Å². The summed E-state index contributed by atoms with van der Waals surface area (Å²) in [5.74, 6) is -4.54. The van der Waals surface area contributed by atoms with Crippen molar-refractivity contribution in [1.29, 1.82) is 0 Å². The summed E-state index contributed by atoms with van der Waals surface area (Å²) in [6.45, 7) is 9.18. The van der Waals surface area contributed by atoms with E-state index in [-0.39, 0.29) is 0 Å². The highest BCUT2D eigenvalue weighted by molar-refractivity contribution is 6.22. The van der Waals surface area contributed by atoms with E-state index in [9.17, 15) is 14.4 Å². The van der Waals surface area contributed by atoms with Gasteiger partial charge in [0.25, 0.3) is 0 Å². The Balaban J connectivity index is 5.33. The number of hydrogen-bond donors (Lipinski definition) is 2. The highest BCUT2D eigenvalue weighted by Crippen LogP contribution is 2.18. The second-order valence-electron chi connectivity index (χ2n) is 6.12. The molecule has 0 aromatic heterocycles. The lowest BCUT2D eigenvalue weighted by atomic mass is 10.0. The molecule has 0 amide bonds. The van der Waals surface area contributed by atoms with Gasteiger partial charge in [-0.15, -0.1) is 0 Å². The first-order chi connectivity index (χ1) is 8.20. The van der Waals surface area contributed by atoms with Gasteiger partial charge >= 0.3 is 23.4 Å². The maximum Gasteiger partial charge on any atom is 0.350 e. The molecule has 0 aromatic rings. The number of aliphatic carboxylic acids is 1. The van der Waals surface area contributed by atoms with E-state index in [4.69, 9.17) is 20.3 Å². The van der Waals surface area contributed by atoms with Gasteiger partial charge < -0.3 is 14.6 Å². The molecular weight excluding hydrogens is 254 g/mol. The first-order valence-corrected chi connectivity index (χ1v) is 5.69. The molecular formula is C12H21NO6. The van der Waals surface area contributed by atoms with Crippen LogP contribution in [-0.4, -0.2) is 39.8 Å². The van der Waals surface area contributed by atoms with E-state index >= 15 is 0 Å². The van der Waals surface area contributed by atoms with Crippen molar-refractivity contribution in [3.8, 4) is 0 Å². The van der Waals surface area contributed by atoms with Gasteiger partial charge in [-0.1, -0.05) is 0 Å². The molecule has 0 rings (SSSR count). The SMILES string of the molecule is CC(C)(C)OC(=O)C(N)(C(=O)O)C(=O)OC(C)(C)C. The standard InChI is InChI=1S/C12H21NO6/c1-10(2,3)18-8(16)12(13,7(14)15)9(17)19-11(4,5)6/h13H2,1-6H3,(H,14,15). The first kappa shape index (κ1) is 17.4. The van der Waals surface area contributed by atoms with E-state index in [0.717, 1.165) is 0 Å². The Labute approximate surface area is 112 Å². The molecule has 7 nitrogen and oxygen atoms in total. The van der Waals surface area contributed by atoms with Crippen LogP contribution in [0.25, 0.3) is 0 Å². The lowest BCUT2D eigenvalue weighted by Gasteiger charge is -2.29. The lowest BCUT2D eigenvalue weighted by Crippen LogP contribution is -2.64. The number of carboxylic acids is 1. The summed E-state index contributed by atoms with van der Waals surface area (Å²) in [5, 5.41) is 9.04. The normalized spacial score (nSPS) is 12.8. The van der Waals surface area contributed by atoms with E-state index in [1.54, 1.807) is 0 Å². The average molecular weight is 275 g/mol. The molecule has 19 heavy (non-hydrogen) atoms. The van der Waals surface area contributed by atoms with Crippen LogP contribution in [0.4, 0.5) is 0 Å². The zero-order valence-corrected chi connectivity index (χ0v) is 12.1. The fraction of sp³-hybridized carbons (Fsp3) is 0.750. The highest BCUT2D eigenvalue weighted by Gasteiger charge is 2.55. The molecule has 0 aliphatic heterocycles. The summed E-state index contributed by atoms with van der Waals surface area (Å²) < 4.78 is 9.71. The molecule has 0 atom stereocenters. The van der Waals surface area contributed by atoms with Crippen LogP contribution in [0.2, 0.25) is 0 Å². The molecule has 0 radical (unpaired) electrons. The number of nitrogens with two attached hydrogens (primary N) is 1.